The van der Waals surface area contributed by atoms with Crippen LogP contribution in [0.2, 0.25) is 0 Å². The molecule has 0 saturated heterocycles. The van der Waals surface area contributed by atoms with Gasteiger partial charge >= 0.3 is 5.63 Å². The number of rotatable bonds is 6. The van der Waals surface area contributed by atoms with Crippen LogP contribution in [0.1, 0.15) is 29.8 Å². The third-order valence-electron chi connectivity index (χ3n) is 4.33. The molecule has 0 aliphatic rings. The fourth-order valence-electron chi connectivity index (χ4n) is 2.81. The van der Waals surface area contributed by atoms with E-state index >= 15 is 0 Å². The Morgan fingerprint density at radius 3 is 2.64 bits per heavy atom. The summed E-state index contributed by atoms with van der Waals surface area (Å²) in [6, 6.07) is 8.31. The number of nitrogens with one attached hydrogen (secondary N) is 1. The Balaban J connectivity index is 1.89. The molecule has 0 saturated carbocycles. The van der Waals surface area contributed by atoms with Crippen LogP contribution in [0.3, 0.4) is 0 Å². The molecule has 0 fully saturated rings. The molecule has 0 unspecified atom stereocenters. The maximum Gasteiger partial charge on any atom is 0.349 e. The number of aromatic hydroxyl groups is 1. The molecule has 3 rings (SSSR count). The highest BCUT2D eigenvalue weighted by Crippen LogP contribution is 2.29. The fourth-order valence-corrected chi connectivity index (χ4v) is 2.81. The van der Waals surface area contributed by atoms with Gasteiger partial charge in [-0.2, -0.15) is 5.10 Å². The van der Waals surface area contributed by atoms with E-state index in [2.05, 4.69) is 20.4 Å². The van der Waals surface area contributed by atoms with Crippen LogP contribution in [0.15, 0.2) is 57.0 Å². The van der Waals surface area contributed by atoms with E-state index in [-0.39, 0.29) is 16.9 Å². The molecule has 2 aromatic heterocycles. The van der Waals surface area contributed by atoms with Crippen molar-refractivity contribution in [2.24, 2.45) is 5.10 Å². The van der Waals surface area contributed by atoms with Crippen molar-refractivity contribution in [1.82, 2.24) is 10.4 Å². The van der Waals surface area contributed by atoms with Gasteiger partial charge in [0, 0.05) is 42.8 Å². The largest absolute Gasteiger partial charge is 0.506 e. The lowest BCUT2D eigenvalue weighted by Gasteiger charge is -2.21. The molecule has 0 radical (unpaired) electrons. The SMILES string of the molecule is CCN(CC)c1ccc2c(O)c(/C=N/NC(=O)c3ccncc3)c(=O)oc2c1. The van der Waals surface area contributed by atoms with Crippen LogP contribution in [0.25, 0.3) is 11.0 Å². The highest BCUT2D eigenvalue weighted by Gasteiger charge is 2.14. The average molecular weight is 380 g/mol. The first-order chi connectivity index (χ1) is 13.5. The number of fused-ring (bicyclic) bond motifs is 1. The van der Waals surface area contributed by atoms with E-state index in [9.17, 15) is 14.7 Å². The van der Waals surface area contributed by atoms with Gasteiger partial charge in [-0.05, 0) is 38.1 Å². The van der Waals surface area contributed by atoms with Crippen molar-refractivity contribution in [1.29, 1.82) is 0 Å². The molecule has 8 nitrogen and oxygen atoms in total. The summed E-state index contributed by atoms with van der Waals surface area (Å²) in [6.45, 7) is 5.67. The van der Waals surface area contributed by atoms with Crippen molar-refractivity contribution in [3.05, 3.63) is 64.3 Å². The van der Waals surface area contributed by atoms with Gasteiger partial charge in [-0.15, -0.1) is 0 Å². The van der Waals surface area contributed by atoms with Gasteiger partial charge in [0.05, 0.1) is 11.6 Å². The molecule has 0 aliphatic heterocycles. The molecule has 0 spiro atoms. The van der Waals surface area contributed by atoms with Crippen LogP contribution in [0, 0.1) is 0 Å². The molecule has 28 heavy (non-hydrogen) atoms. The summed E-state index contributed by atoms with van der Waals surface area (Å²) in [7, 11) is 0. The Morgan fingerprint density at radius 2 is 1.96 bits per heavy atom. The normalized spacial score (nSPS) is 11.1. The predicted molar refractivity (Wildman–Crippen MR) is 107 cm³/mol. The zero-order valence-electron chi connectivity index (χ0n) is 15.5. The number of hydrazone groups is 1. The zero-order valence-corrected chi connectivity index (χ0v) is 15.5. The van der Waals surface area contributed by atoms with E-state index < -0.39 is 11.5 Å². The number of benzene rings is 1. The lowest BCUT2D eigenvalue weighted by molar-refractivity contribution is 0.0955. The summed E-state index contributed by atoms with van der Waals surface area (Å²) in [5.74, 6) is -0.716. The van der Waals surface area contributed by atoms with Crippen LogP contribution in [0.5, 0.6) is 5.75 Å². The van der Waals surface area contributed by atoms with Gasteiger partial charge in [0.25, 0.3) is 5.91 Å². The van der Waals surface area contributed by atoms with Crippen molar-refractivity contribution in [2.45, 2.75) is 13.8 Å². The second kappa shape index (κ2) is 8.34. The summed E-state index contributed by atoms with van der Waals surface area (Å²) >= 11 is 0. The highest BCUT2D eigenvalue weighted by molar-refractivity contribution is 5.97. The van der Waals surface area contributed by atoms with Crippen LogP contribution >= 0.6 is 0 Å². The maximum absolute atomic E-state index is 12.3. The number of carbonyl (C=O) groups is 1. The second-order valence-corrected chi connectivity index (χ2v) is 5.94. The Kier molecular flexibility index (Phi) is 5.69. The maximum atomic E-state index is 12.3. The van der Waals surface area contributed by atoms with E-state index in [0.29, 0.717) is 10.9 Å². The fraction of sp³-hybridized carbons (Fsp3) is 0.200. The number of nitrogens with zero attached hydrogens (tertiary/aromatic N) is 3. The molecule has 2 N–H and O–H groups in total. The molecular weight excluding hydrogens is 360 g/mol. The molecule has 8 heteroatoms. The van der Waals surface area contributed by atoms with Crippen LogP contribution < -0.4 is 16.0 Å². The molecule has 0 bridgehead atoms. The number of amides is 1. The summed E-state index contributed by atoms with van der Waals surface area (Å²) < 4.78 is 5.34. The lowest BCUT2D eigenvalue weighted by atomic mass is 10.1. The van der Waals surface area contributed by atoms with Crippen LogP contribution in [-0.2, 0) is 0 Å². The second-order valence-electron chi connectivity index (χ2n) is 5.94. The Morgan fingerprint density at radius 1 is 1.25 bits per heavy atom. The average Bonchev–Trinajstić information content (AvgIpc) is 2.71. The number of pyridine rings is 1. The number of hydrogen-bond acceptors (Lipinski definition) is 7. The Labute approximate surface area is 161 Å². The molecule has 144 valence electrons. The summed E-state index contributed by atoms with van der Waals surface area (Å²) in [4.78, 5) is 30.1. The zero-order chi connectivity index (χ0) is 20.1. The first-order valence-corrected chi connectivity index (χ1v) is 8.83. The van der Waals surface area contributed by atoms with Crippen molar-refractivity contribution in [3.8, 4) is 5.75 Å². The first-order valence-electron chi connectivity index (χ1n) is 8.83. The van der Waals surface area contributed by atoms with Gasteiger partial charge in [-0.25, -0.2) is 10.2 Å². The van der Waals surface area contributed by atoms with Crippen molar-refractivity contribution >= 4 is 28.8 Å². The van der Waals surface area contributed by atoms with Crippen molar-refractivity contribution in [2.75, 3.05) is 18.0 Å². The molecule has 3 aromatic rings. The standard InChI is InChI=1S/C20H20N4O4/c1-3-24(4-2)14-5-6-15-17(11-14)28-20(27)16(18(15)25)12-22-23-19(26)13-7-9-21-10-8-13/h5-12,25H,3-4H2,1-2H3,(H,23,26)/b22-12+. The monoisotopic (exact) mass is 380 g/mol. The number of aromatic nitrogens is 1. The molecule has 1 aromatic carbocycles. The van der Waals surface area contributed by atoms with E-state index in [4.69, 9.17) is 4.42 Å². The third-order valence-corrected chi connectivity index (χ3v) is 4.33. The predicted octanol–water partition coefficient (Wildman–Crippen LogP) is 2.50. The van der Waals surface area contributed by atoms with E-state index in [1.807, 2.05) is 19.9 Å². The van der Waals surface area contributed by atoms with Crippen molar-refractivity contribution < 1.29 is 14.3 Å². The quantitative estimate of drug-likeness (QED) is 0.386. The summed E-state index contributed by atoms with van der Waals surface area (Å²) in [5, 5.41) is 14.6. The van der Waals surface area contributed by atoms with Gasteiger partial charge in [0.15, 0.2) is 0 Å². The van der Waals surface area contributed by atoms with Crippen LogP contribution in [-0.4, -0.2) is 35.3 Å². The Hall–Kier alpha value is -3.68. The van der Waals surface area contributed by atoms with Gasteiger partial charge in [0.2, 0.25) is 0 Å². The molecule has 0 atom stereocenters. The number of anilines is 1. The minimum Gasteiger partial charge on any atom is -0.506 e. The van der Waals surface area contributed by atoms with Gasteiger partial charge in [-0.3, -0.25) is 9.78 Å². The minimum absolute atomic E-state index is 0.141. The topological polar surface area (TPSA) is 108 Å². The Bertz CT molecular complexity index is 1070. The first kappa shape index (κ1) is 19.1. The van der Waals surface area contributed by atoms with E-state index in [1.165, 1.54) is 24.5 Å². The third kappa shape index (κ3) is 3.85. The van der Waals surface area contributed by atoms with Crippen LogP contribution in [0.4, 0.5) is 5.69 Å². The summed E-state index contributed by atoms with van der Waals surface area (Å²) in [5.41, 5.74) is 2.95. The van der Waals surface area contributed by atoms with Gasteiger partial charge < -0.3 is 14.4 Å². The molecule has 1 amide bonds. The number of carbonyl (C=O) groups excluding carboxylic acids is 1. The minimum atomic E-state index is -0.747. The lowest BCUT2D eigenvalue weighted by Crippen LogP contribution is -2.21. The summed E-state index contributed by atoms with van der Waals surface area (Å²) in [6.07, 6.45) is 4.03. The van der Waals surface area contributed by atoms with E-state index in [0.717, 1.165) is 25.0 Å². The van der Waals surface area contributed by atoms with Gasteiger partial charge in [-0.1, -0.05) is 0 Å². The van der Waals surface area contributed by atoms with Crippen molar-refractivity contribution in [3.63, 3.8) is 0 Å². The molecule has 2 heterocycles. The molecular formula is C20H20N4O4. The number of hydrogen-bond donors (Lipinski definition) is 2. The smallest absolute Gasteiger partial charge is 0.349 e. The van der Waals surface area contributed by atoms with Gasteiger partial charge in [0.1, 0.15) is 16.9 Å². The highest BCUT2D eigenvalue weighted by atomic mass is 16.4. The molecule has 0 aliphatic carbocycles. The van der Waals surface area contributed by atoms with E-state index in [1.54, 1.807) is 12.1 Å².